The monoisotopic (exact) mass is 994 g/mol. The van der Waals surface area contributed by atoms with Crippen molar-refractivity contribution in [3.8, 4) is 11.1 Å². The molecule has 18 aromatic rings. The summed E-state index contributed by atoms with van der Waals surface area (Å²) in [6.45, 7) is 0. The summed E-state index contributed by atoms with van der Waals surface area (Å²) in [6, 6.07) is 92.3. The Balaban J connectivity index is 0.802. The molecule has 6 heteroatoms. The maximum absolute atomic E-state index is 6.69. The van der Waals surface area contributed by atoms with E-state index in [1.807, 2.05) is 18.2 Å². The molecule has 0 saturated heterocycles. The van der Waals surface area contributed by atoms with Gasteiger partial charge >= 0.3 is 0 Å². The molecule has 6 nitrogen and oxygen atoms in total. The molecule has 0 fully saturated rings. The van der Waals surface area contributed by atoms with E-state index in [0.29, 0.717) is 0 Å². The lowest BCUT2D eigenvalue weighted by molar-refractivity contribution is 0.668. The molecular formula is C72H42N4O2. The molecule has 78 heavy (non-hydrogen) atoms. The van der Waals surface area contributed by atoms with Crippen LogP contribution >= 0.6 is 0 Å². The third-order valence-corrected chi connectivity index (χ3v) is 16.7. The Morgan fingerprint density at radius 1 is 0.244 bits per heavy atom. The van der Waals surface area contributed by atoms with Gasteiger partial charge in [0.1, 0.15) is 11.2 Å². The summed E-state index contributed by atoms with van der Waals surface area (Å²) in [4.78, 5) is 4.65. The predicted molar refractivity (Wildman–Crippen MR) is 325 cm³/mol. The Kier molecular flexibility index (Phi) is 8.30. The van der Waals surface area contributed by atoms with Crippen molar-refractivity contribution in [2.45, 2.75) is 0 Å². The van der Waals surface area contributed by atoms with Gasteiger partial charge in [-0.05, 0) is 102 Å². The Hall–Kier alpha value is -10.6. The highest BCUT2D eigenvalue weighted by Gasteiger charge is 2.26. The SMILES string of the molecule is c1ccc(N(c2ccc(-c3ccc4c5cccc6c7cc8c(cc7n(c4c3)c56)c3cccc4c5ccc(N(c6ccccc6)c6cccc7c6oc6ccccc67)cc5n8c43)cc2)c2cccc3c2oc2ccccc23)cc1. The predicted octanol–water partition coefficient (Wildman–Crippen LogP) is 20.4. The van der Waals surface area contributed by atoms with Gasteiger partial charge in [-0.3, -0.25) is 0 Å². The molecule has 0 unspecified atom stereocenters. The molecule has 0 aliphatic rings. The van der Waals surface area contributed by atoms with Crippen molar-refractivity contribution >= 4 is 154 Å². The number of hydrogen-bond donors (Lipinski definition) is 0. The zero-order chi connectivity index (χ0) is 50.7. The second-order valence-electron chi connectivity index (χ2n) is 20.8. The van der Waals surface area contributed by atoms with Crippen molar-refractivity contribution in [3.63, 3.8) is 0 Å². The molecule has 0 bridgehead atoms. The van der Waals surface area contributed by atoms with Crippen molar-refractivity contribution in [2.24, 2.45) is 0 Å². The molecular weight excluding hydrogens is 953 g/mol. The molecule has 0 aliphatic carbocycles. The summed E-state index contributed by atoms with van der Waals surface area (Å²) < 4.78 is 18.3. The van der Waals surface area contributed by atoms with Crippen LogP contribution in [0.15, 0.2) is 264 Å². The zero-order valence-corrected chi connectivity index (χ0v) is 41.9. The largest absolute Gasteiger partial charge is 0.454 e. The first-order valence-corrected chi connectivity index (χ1v) is 26.7. The fourth-order valence-corrected chi connectivity index (χ4v) is 13.4. The highest BCUT2D eigenvalue weighted by Crippen LogP contribution is 2.49. The molecule has 18 rings (SSSR count). The Morgan fingerprint density at radius 2 is 0.628 bits per heavy atom. The van der Waals surface area contributed by atoms with Gasteiger partial charge in [0, 0.05) is 87.4 Å². The third-order valence-electron chi connectivity index (χ3n) is 16.7. The smallest absolute Gasteiger partial charge is 0.159 e. The maximum atomic E-state index is 6.69. The molecule has 6 heterocycles. The average molecular weight is 995 g/mol. The Labute approximate surface area is 445 Å². The summed E-state index contributed by atoms with van der Waals surface area (Å²) in [5, 5.41) is 14.4. The number of aromatic nitrogens is 2. The molecule has 12 aromatic carbocycles. The maximum Gasteiger partial charge on any atom is 0.159 e. The van der Waals surface area contributed by atoms with Crippen LogP contribution in [0.1, 0.15) is 0 Å². The normalized spacial score (nSPS) is 12.4. The summed E-state index contributed by atoms with van der Waals surface area (Å²) in [5.41, 5.74) is 19.3. The lowest BCUT2D eigenvalue weighted by Crippen LogP contribution is -2.10. The molecule has 362 valence electrons. The molecule has 0 amide bonds. The average Bonchev–Trinajstić information content (AvgIpc) is 4.45. The van der Waals surface area contributed by atoms with E-state index in [4.69, 9.17) is 8.83 Å². The van der Waals surface area contributed by atoms with Gasteiger partial charge in [0.05, 0.1) is 44.5 Å². The van der Waals surface area contributed by atoms with Crippen LogP contribution in [0.25, 0.3) is 131 Å². The van der Waals surface area contributed by atoms with E-state index >= 15 is 0 Å². The van der Waals surface area contributed by atoms with Crippen LogP contribution in [0.5, 0.6) is 0 Å². The van der Waals surface area contributed by atoms with E-state index in [9.17, 15) is 0 Å². The number of benzene rings is 12. The first kappa shape index (κ1) is 41.8. The topological polar surface area (TPSA) is 41.6 Å². The van der Waals surface area contributed by atoms with Gasteiger partial charge in [0.2, 0.25) is 0 Å². The molecule has 6 aromatic heterocycles. The fraction of sp³-hybridized carbons (Fsp3) is 0. The lowest BCUT2D eigenvalue weighted by atomic mass is 10.0. The van der Waals surface area contributed by atoms with Crippen LogP contribution in [-0.2, 0) is 0 Å². The van der Waals surface area contributed by atoms with Gasteiger partial charge < -0.3 is 27.4 Å². The van der Waals surface area contributed by atoms with E-state index in [2.05, 4.69) is 255 Å². The number of rotatable bonds is 7. The van der Waals surface area contributed by atoms with Crippen LogP contribution in [0, 0.1) is 0 Å². The third kappa shape index (κ3) is 5.64. The van der Waals surface area contributed by atoms with E-state index in [1.165, 1.54) is 81.8 Å². The number of para-hydroxylation sites is 8. The minimum Gasteiger partial charge on any atom is -0.454 e. The standard InChI is InChI=1S/C72H42N4O2/c1-3-15-45(16-4-1)73(61-27-13-25-57-51-19-7-9-29-67(51)77-71(57)61)47-34-31-43(32-35-47)44-33-37-49-53-21-11-23-55-59-42-66-60(41-65(59)75(69(53)55)63(49)39-44)56-24-12-22-54-50-38-36-48(40-64(50)76(66)70(54)56)74(46-17-5-2-6-18-46)62-28-14-26-58-52-20-8-10-30-68(52)78-72(58)62/h1-42H. The highest BCUT2D eigenvalue weighted by atomic mass is 16.3. The van der Waals surface area contributed by atoms with Crippen molar-refractivity contribution in [2.75, 3.05) is 9.80 Å². The highest BCUT2D eigenvalue weighted by molar-refractivity contribution is 6.29. The van der Waals surface area contributed by atoms with Crippen LogP contribution in [-0.4, -0.2) is 8.80 Å². The molecule has 0 atom stereocenters. The number of fused-ring (bicyclic) bond motifs is 18. The Morgan fingerprint density at radius 3 is 1.18 bits per heavy atom. The van der Waals surface area contributed by atoms with Gasteiger partial charge in [-0.2, -0.15) is 0 Å². The first-order chi connectivity index (χ1) is 38.7. The van der Waals surface area contributed by atoms with Crippen molar-refractivity contribution < 1.29 is 8.83 Å². The van der Waals surface area contributed by atoms with Crippen molar-refractivity contribution in [1.82, 2.24) is 8.80 Å². The molecule has 0 saturated carbocycles. The molecule has 0 radical (unpaired) electrons. The minimum absolute atomic E-state index is 0.866. The first-order valence-electron chi connectivity index (χ1n) is 26.7. The van der Waals surface area contributed by atoms with Crippen molar-refractivity contribution in [1.29, 1.82) is 0 Å². The minimum atomic E-state index is 0.866. The number of furan rings is 2. The van der Waals surface area contributed by atoms with Gasteiger partial charge in [-0.25, -0.2) is 0 Å². The van der Waals surface area contributed by atoms with E-state index in [0.717, 1.165) is 83.6 Å². The van der Waals surface area contributed by atoms with Crippen LogP contribution in [0.3, 0.4) is 0 Å². The lowest BCUT2D eigenvalue weighted by Gasteiger charge is -2.25. The van der Waals surface area contributed by atoms with E-state index < -0.39 is 0 Å². The van der Waals surface area contributed by atoms with Crippen LogP contribution in [0.2, 0.25) is 0 Å². The summed E-state index contributed by atoms with van der Waals surface area (Å²) in [5.74, 6) is 0. The van der Waals surface area contributed by atoms with Crippen LogP contribution < -0.4 is 9.80 Å². The Bertz CT molecular complexity index is 5450. The molecule has 0 N–H and O–H groups in total. The van der Waals surface area contributed by atoms with Crippen molar-refractivity contribution in [3.05, 3.63) is 255 Å². The van der Waals surface area contributed by atoms with Gasteiger partial charge in [0.25, 0.3) is 0 Å². The quantitative estimate of drug-likeness (QED) is 0.160. The summed E-state index contributed by atoms with van der Waals surface area (Å²) in [7, 11) is 0. The fourth-order valence-electron chi connectivity index (χ4n) is 13.4. The molecule has 0 aliphatic heterocycles. The second-order valence-corrected chi connectivity index (χ2v) is 20.8. The summed E-state index contributed by atoms with van der Waals surface area (Å²) >= 11 is 0. The second kappa shape index (κ2) is 15.5. The van der Waals surface area contributed by atoms with Gasteiger partial charge in [-0.15, -0.1) is 0 Å². The van der Waals surface area contributed by atoms with Gasteiger partial charge in [-0.1, -0.05) is 164 Å². The van der Waals surface area contributed by atoms with E-state index in [-0.39, 0.29) is 0 Å². The molecule has 0 spiro atoms. The van der Waals surface area contributed by atoms with E-state index in [1.54, 1.807) is 0 Å². The number of anilines is 6. The summed E-state index contributed by atoms with van der Waals surface area (Å²) in [6.07, 6.45) is 0. The number of nitrogens with zero attached hydrogens (tertiary/aromatic N) is 4. The zero-order valence-electron chi connectivity index (χ0n) is 41.9. The van der Waals surface area contributed by atoms with Gasteiger partial charge in [0.15, 0.2) is 11.2 Å². The number of hydrogen-bond acceptors (Lipinski definition) is 4. The van der Waals surface area contributed by atoms with Crippen LogP contribution in [0.4, 0.5) is 34.1 Å².